The molecule has 0 saturated carbocycles. The summed E-state index contributed by atoms with van der Waals surface area (Å²) < 4.78 is 0. The Kier molecular flexibility index (Phi) is 5.34. The zero-order valence-corrected chi connectivity index (χ0v) is 10.3. The normalized spacial score (nSPS) is 11.2. The zero-order valence-electron chi connectivity index (χ0n) is 10.3. The Labute approximate surface area is 110 Å². The molecule has 0 bridgehead atoms. The molecule has 0 fully saturated rings. The van der Waals surface area contributed by atoms with Crippen LogP contribution in [-0.2, 0) is 9.59 Å². The maximum Gasteiger partial charge on any atom is 0.325 e. The van der Waals surface area contributed by atoms with E-state index < -0.39 is 23.9 Å². The summed E-state index contributed by atoms with van der Waals surface area (Å²) >= 11 is 0. The number of hydrogen-bond acceptors (Lipinski definition) is 3. The van der Waals surface area contributed by atoms with Gasteiger partial charge in [0.2, 0.25) is 5.91 Å². The molecule has 1 atom stereocenters. The number of nitrogens with one attached hydrogen (secondary N) is 3. The van der Waals surface area contributed by atoms with Gasteiger partial charge in [0.15, 0.2) is 0 Å². The summed E-state index contributed by atoms with van der Waals surface area (Å²) in [6.45, 7) is 1.04. The van der Waals surface area contributed by atoms with Gasteiger partial charge in [0.05, 0.1) is 6.54 Å². The minimum atomic E-state index is -1.14. The van der Waals surface area contributed by atoms with Gasteiger partial charge < -0.3 is 21.1 Å². The molecule has 1 rings (SSSR count). The molecule has 4 N–H and O–H groups in total. The molecule has 0 aliphatic rings. The molecule has 19 heavy (non-hydrogen) atoms. The van der Waals surface area contributed by atoms with Gasteiger partial charge in [-0.25, -0.2) is 4.79 Å². The van der Waals surface area contributed by atoms with Crippen molar-refractivity contribution in [1.29, 1.82) is 0 Å². The first-order valence-electron chi connectivity index (χ1n) is 5.61. The topological polar surface area (TPSA) is 108 Å². The summed E-state index contributed by atoms with van der Waals surface area (Å²) in [6, 6.07) is 7.20. The number of carboxylic acids is 1. The smallest absolute Gasteiger partial charge is 0.325 e. The van der Waals surface area contributed by atoms with Gasteiger partial charge in [-0.05, 0) is 19.1 Å². The number of urea groups is 1. The minimum absolute atomic E-state index is 0.295. The van der Waals surface area contributed by atoms with Gasteiger partial charge in [-0.1, -0.05) is 18.2 Å². The molecule has 0 aliphatic heterocycles. The maximum absolute atomic E-state index is 11.4. The molecule has 1 aromatic rings. The number of rotatable bonds is 5. The first kappa shape index (κ1) is 14.5. The molecule has 0 spiro atoms. The van der Waals surface area contributed by atoms with Crippen LogP contribution < -0.4 is 16.0 Å². The fourth-order valence-electron chi connectivity index (χ4n) is 1.21. The van der Waals surface area contributed by atoms with E-state index in [9.17, 15) is 14.4 Å². The van der Waals surface area contributed by atoms with E-state index in [1.807, 2.05) is 6.07 Å². The van der Waals surface area contributed by atoms with Gasteiger partial charge in [-0.3, -0.25) is 9.59 Å². The van der Waals surface area contributed by atoms with Gasteiger partial charge in [0.25, 0.3) is 0 Å². The average molecular weight is 265 g/mol. The van der Waals surface area contributed by atoms with Crippen LogP contribution in [0.4, 0.5) is 10.5 Å². The highest BCUT2D eigenvalue weighted by Crippen LogP contribution is 2.03. The standard InChI is InChI=1S/C12H15N3O4/c1-8(11(17)18)14-10(16)7-13-12(19)15-9-5-3-2-4-6-9/h2-6,8H,7H2,1H3,(H,14,16)(H,17,18)(H2,13,15,19)/t8-/m1/s1. The van der Waals surface area contributed by atoms with E-state index in [0.29, 0.717) is 5.69 Å². The Hall–Kier alpha value is -2.57. The Morgan fingerprint density at radius 3 is 2.42 bits per heavy atom. The van der Waals surface area contributed by atoms with Gasteiger partial charge >= 0.3 is 12.0 Å². The molecule has 7 heteroatoms. The average Bonchev–Trinajstić information content (AvgIpc) is 2.37. The van der Waals surface area contributed by atoms with Crippen LogP contribution in [0.15, 0.2) is 30.3 Å². The van der Waals surface area contributed by atoms with Crippen LogP contribution in [0.25, 0.3) is 0 Å². The summed E-state index contributed by atoms with van der Waals surface area (Å²) in [5.41, 5.74) is 0.597. The third-order valence-electron chi connectivity index (χ3n) is 2.19. The zero-order chi connectivity index (χ0) is 14.3. The van der Waals surface area contributed by atoms with Crippen molar-refractivity contribution in [2.75, 3.05) is 11.9 Å². The number of carbonyl (C=O) groups is 3. The first-order valence-corrected chi connectivity index (χ1v) is 5.61. The van der Waals surface area contributed by atoms with Crippen LogP contribution in [0.1, 0.15) is 6.92 Å². The molecule has 0 unspecified atom stereocenters. The van der Waals surface area contributed by atoms with E-state index in [1.165, 1.54) is 6.92 Å². The van der Waals surface area contributed by atoms with Crippen molar-refractivity contribution in [3.63, 3.8) is 0 Å². The Morgan fingerprint density at radius 2 is 1.84 bits per heavy atom. The summed E-state index contributed by atoms with van der Waals surface area (Å²) in [7, 11) is 0. The molecular weight excluding hydrogens is 250 g/mol. The van der Waals surface area contributed by atoms with E-state index in [4.69, 9.17) is 5.11 Å². The summed E-state index contributed by atoms with van der Waals surface area (Å²) in [5, 5.41) is 15.7. The van der Waals surface area contributed by atoms with E-state index in [0.717, 1.165) is 0 Å². The number of para-hydroxylation sites is 1. The fourth-order valence-corrected chi connectivity index (χ4v) is 1.21. The van der Waals surface area contributed by atoms with Crippen LogP contribution in [0.5, 0.6) is 0 Å². The minimum Gasteiger partial charge on any atom is -0.480 e. The predicted octanol–water partition coefficient (Wildman–Crippen LogP) is 0.397. The lowest BCUT2D eigenvalue weighted by molar-refractivity contribution is -0.141. The Balaban J connectivity index is 2.30. The van der Waals surface area contributed by atoms with E-state index in [1.54, 1.807) is 24.3 Å². The molecule has 3 amide bonds. The molecule has 0 aromatic heterocycles. The van der Waals surface area contributed by atoms with Crippen molar-refractivity contribution in [3.05, 3.63) is 30.3 Å². The highest BCUT2D eigenvalue weighted by Gasteiger charge is 2.14. The lowest BCUT2D eigenvalue weighted by Crippen LogP contribution is -2.44. The van der Waals surface area contributed by atoms with Crippen molar-refractivity contribution in [3.8, 4) is 0 Å². The maximum atomic E-state index is 11.4. The monoisotopic (exact) mass is 265 g/mol. The third kappa shape index (κ3) is 5.53. The van der Waals surface area contributed by atoms with Gasteiger partial charge in [0.1, 0.15) is 6.04 Å². The van der Waals surface area contributed by atoms with Gasteiger partial charge in [-0.15, -0.1) is 0 Å². The van der Waals surface area contributed by atoms with Crippen molar-refractivity contribution in [2.45, 2.75) is 13.0 Å². The van der Waals surface area contributed by atoms with E-state index >= 15 is 0 Å². The molecule has 7 nitrogen and oxygen atoms in total. The quantitative estimate of drug-likeness (QED) is 0.618. The van der Waals surface area contributed by atoms with Crippen molar-refractivity contribution < 1.29 is 19.5 Å². The molecule has 0 heterocycles. The summed E-state index contributed by atoms with van der Waals surface area (Å²) in [5.74, 6) is -1.71. The van der Waals surface area contributed by atoms with Crippen molar-refractivity contribution >= 4 is 23.6 Å². The van der Waals surface area contributed by atoms with Crippen LogP contribution in [0.2, 0.25) is 0 Å². The van der Waals surface area contributed by atoms with Crippen LogP contribution >= 0.6 is 0 Å². The number of benzene rings is 1. The number of amides is 3. The third-order valence-corrected chi connectivity index (χ3v) is 2.19. The van der Waals surface area contributed by atoms with Gasteiger partial charge in [-0.2, -0.15) is 0 Å². The lowest BCUT2D eigenvalue weighted by Gasteiger charge is -2.10. The van der Waals surface area contributed by atoms with Crippen molar-refractivity contribution in [2.24, 2.45) is 0 Å². The highest BCUT2D eigenvalue weighted by molar-refractivity contribution is 5.92. The summed E-state index contributed by atoms with van der Waals surface area (Å²) in [6.07, 6.45) is 0. The Morgan fingerprint density at radius 1 is 1.21 bits per heavy atom. The van der Waals surface area contributed by atoms with E-state index in [2.05, 4.69) is 16.0 Å². The Bertz CT molecular complexity index is 461. The first-order chi connectivity index (χ1) is 8.99. The van der Waals surface area contributed by atoms with E-state index in [-0.39, 0.29) is 6.54 Å². The van der Waals surface area contributed by atoms with Crippen LogP contribution in [-0.4, -0.2) is 35.6 Å². The molecule has 0 saturated heterocycles. The molecule has 1 aromatic carbocycles. The van der Waals surface area contributed by atoms with Crippen molar-refractivity contribution in [1.82, 2.24) is 10.6 Å². The predicted molar refractivity (Wildman–Crippen MR) is 68.7 cm³/mol. The number of aliphatic carboxylic acids is 1. The van der Waals surface area contributed by atoms with Gasteiger partial charge in [0, 0.05) is 5.69 Å². The number of anilines is 1. The fraction of sp³-hybridized carbons (Fsp3) is 0.250. The molecule has 0 radical (unpaired) electrons. The SMILES string of the molecule is C[C@@H](NC(=O)CNC(=O)Nc1ccccc1)C(=O)O. The lowest BCUT2D eigenvalue weighted by atomic mass is 10.3. The number of carbonyl (C=O) groups excluding carboxylic acids is 2. The number of carboxylic acid groups (broad SMARTS) is 1. The largest absolute Gasteiger partial charge is 0.480 e. The van der Waals surface area contributed by atoms with Crippen LogP contribution in [0.3, 0.4) is 0 Å². The highest BCUT2D eigenvalue weighted by atomic mass is 16.4. The second-order valence-corrected chi connectivity index (χ2v) is 3.80. The number of hydrogen-bond donors (Lipinski definition) is 4. The second kappa shape index (κ2) is 7.00. The molecule has 102 valence electrons. The van der Waals surface area contributed by atoms with Crippen LogP contribution in [0, 0.1) is 0 Å². The summed E-state index contributed by atoms with van der Waals surface area (Å²) in [4.78, 5) is 33.2. The molecule has 0 aliphatic carbocycles. The second-order valence-electron chi connectivity index (χ2n) is 3.80. The molecular formula is C12H15N3O4.